The van der Waals surface area contributed by atoms with Crippen LogP contribution in [0.3, 0.4) is 0 Å². The average molecular weight is 191 g/mol. The zero-order chi connectivity index (χ0) is 9.97. The van der Waals surface area contributed by atoms with Crippen molar-refractivity contribution in [3.8, 4) is 0 Å². The van der Waals surface area contributed by atoms with Crippen molar-refractivity contribution in [2.45, 2.75) is 19.3 Å². The summed E-state index contributed by atoms with van der Waals surface area (Å²) >= 11 is 0. The molecule has 0 aliphatic rings. The van der Waals surface area contributed by atoms with Gasteiger partial charge in [0, 0.05) is 12.4 Å². The molecule has 74 valence electrons. The van der Waals surface area contributed by atoms with Crippen molar-refractivity contribution in [2.75, 3.05) is 6.54 Å². The van der Waals surface area contributed by atoms with Crippen LogP contribution in [0.5, 0.6) is 0 Å². The van der Waals surface area contributed by atoms with E-state index in [1.165, 1.54) is 6.33 Å². The number of aromatic nitrogens is 4. The largest absolute Gasteiger partial charge is 0.330 e. The van der Waals surface area contributed by atoms with Gasteiger partial charge in [-0.1, -0.05) is 6.92 Å². The third-order valence-electron chi connectivity index (χ3n) is 2.32. The maximum absolute atomic E-state index is 5.50. The van der Waals surface area contributed by atoms with E-state index < -0.39 is 0 Å². The molecule has 5 nitrogen and oxygen atoms in total. The number of hydrogen-bond acceptors (Lipinski definition) is 4. The Balaban J connectivity index is 2.33. The van der Waals surface area contributed by atoms with Gasteiger partial charge in [0.1, 0.15) is 6.33 Å². The Hall–Kier alpha value is -1.49. The summed E-state index contributed by atoms with van der Waals surface area (Å²) in [6, 6.07) is 0. The highest BCUT2D eigenvalue weighted by Crippen LogP contribution is 2.16. The van der Waals surface area contributed by atoms with Crippen LogP contribution in [0.1, 0.15) is 24.8 Å². The summed E-state index contributed by atoms with van der Waals surface area (Å²) in [5.74, 6) is 1.05. The second-order valence-electron chi connectivity index (χ2n) is 3.37. The minimum Gasteiger partial charge on any atom is -0.330 e. The zero-order valence-corrected chi connectivity index (χ0v) is 8.09. The molecule has 0 spiro atoms. The molecule has 1 atom stereocenters. The fourth-order valence-corrected chi connectivity index (χ4v) is 1.41. The Kier molecular flexibility index (Phi) is 2.41. The van der Waals surface area contributed by atoms with Crippen molar-refractivity contribution in [2.24, 2.45) is 5.73 Å². The van der Waals surface area contributed by atoms with E-state index in [0.29, 0.717) is 18.2 Å². The highest BCUT2D eigenvalue weighted by Gasteiger charge is 2.06. The number of nitrogens with two attached hydrogens (primary N) is 1. The van der Waals surface area contributed by atoms with E-state index in [9.17, 15) is 0 Å². The highest BCUT2D eigenvalue weighted by atomic mass is 15.3. The van der Waals surface area contributed by atoms with Crippen LogP contribution >= 0.6 is 0 Å². The molecule has 2 heterocycles. The molecule has 2 N–H and O–H groups in total. The molecule has 1 unspecified atom stereocenters. The molecule has 2 aromatic rings. The highest BCUT2D eigenvalue weighted by molar-refractivity contribution is 5.26. The van der Waals surface area contributed by atoms with E-state index in [2.05, 4.69) is 22.0 Å². The third kappa shape index (κ3) is 1.58. The lowest BCUT2D eigenvalue weighted by atomic mass is 10.0. The Morgan fingerprint density at radius 1 is 1.50 bits per heavy atom. The van der Waals surface area contributed by atoms with Crippen molar-refractivity contribution in [1.29, 1.82) is 0 Å². The summed E-state index contributed by atoms with van der Waals surface area (Å²) in [7, 11) is 0. The summed E-state index contributed by atoms with van der Waals surface area (Å²) in [6.45, 7) is 2.82. The minimum absolute atomic E-state index is 0.418. The lowest BCUT2D eigenvalue weighted by molar-refractivity contribution is 0.679. The minimum atomic E-state index is 0.418. The van der Waals surface area contributed by atoms with Crippen LogP contribution in [0.25, 0.3) is 5.78 Å². The summed E-state index contributed by atoms with van der Waals surface area (Å²) in [4.78, 5) is 8.17. The van der Waals surface area contributed by atoms with Crippen LogP contribution in [0, 0.1) is 0 Å². The number of nitrogens with zero attached hydrogens (tertiary/aromatic N) is 4. The third-order valence-corrected chi connectivity index (χ3v) is 2.32. The Labute approximate surface area is 82.0 Å². The van der Waals surface area contributed by atoms with Gasteiger partial charge in [0.05, 0.1) is 0 Å². The van der Waals surface area contributed by atoms with Crippen LogP contribution in [-0.2, 0) is 0 Å². The van der Waals surface area contributed by atoms with Gasteiger partial charge in [-0.25, -0.2) is 9.50 Å². The maximum Gasteiger partial charge on any atom is 0.252 e. The topological polar surface area (TPSA) is 69.1 Å². The van der Waals surface area contributed by atoms with E-state index in [0.717, 1.165) is 12.0 Å². The molecule has 0 aliphatic carbocycles. The molecule has 2 rings (SSSR count). The van der Waals surface area contributed by atoms with E-state index in [1.807, 2.05) is 12.4 Å². The van der Waals surface area contributed by atoms with Crippen molar-refractivity contribution in [1.82, 2.24) is 19.6 Å². The first-order valence-corrected chi connectivity index (χ1v) is 4.66. The number of hydrogen-bond donors (Lipinski definition) is 1. The lowest BCUT2D eigenvalue weighted by Crippen LogP contribution is -2.06. The van der Waals surface area contributed by atoms with E-state index in [-0.39, 0.29) is 0 Å². The van der Waals surface area contributed by atoms with Crippen molar-refractivity contribution in [3.05, 3.63) is 24.3 Å². The van der Waals surface area contributed by atoms with Gasteiger partial charge in [0.15, 0.2) is 0 Å². The molecule has 2 aromatic heterocycles. The van der Waals surface area contributed by atoms with Gasteiger partial charge < -0.3 is 5.73 Å². The smallest absolute Gasteiger partial charge is 0.252 e. The fourth-order valence-electron chi connectivity index (χ4n) is 1.41. The molecule has 0 saturated heterocycles. The molecule has 0 amide bonds. The van der Waals surface area contributed by atoms with Gasteiger partial charge in [0.25, 0.3) is 5.78 Å². The molecule has 5 heteroatoms. The van der Waals surface area contributed by atoms with Crippen LogP contribution in [0.15, 0.2) is 18.7 Å². The van der Waals surface area contributed by atoms with E-state index >= 15 is 0 Å². The second-order valence-corrected chi connectivity index (χ2v) is 3.37. The maximum atomic E-state index is 5.50. The normalized spacial score (nSPS) is 13.3. The first kappa shape index (κ1) is 9.08. The molecular formula is C9H13N5. The van der Waals surface area contributed by atoms with Crippen molar-refractivity contribution in [3.63, 3.8) is 0 Å². The molecule has 14 heavy (non-hydrogen) atoms. The SMILES string of the molecule is CC(CCN)c1cnc2ncnn2c1. The quantitative estimate of drug-likeness (QED) is 0.770. The Morgan fingerprint density at radius 2 is 2.36 bits per heavy atom. The molecule has 0 fully saturated rings. The summed E-state index contributed by atoms with van der Waals surface area (Å²) < 4.78 is 1.68. The van der Waals surface area contributed by atoms with Gasteiger partial charge in [-0.3, -0.25) is 0 Å². The molecule has 0 aromatic carbocycles. The first-order valence-electron chi connectivity index (χ1n) is 4.66. The van der Waals surface area contributed by atoms with Gasteiger partial charge in [0.2, 0.25) is 0 Å². The van der Waals surface area contributed by atoms with Crippen LogP contribution in [0.2, 0.25) is 0 Å². The van der Waals surface area contributed by atoms with E-state index in [1.54, 1.807) is 4.52 Å². The van der Waals surface area contributed by atoms with Crippen molar-refractivity contribution < 1.29 is 0 Å². The molecule has 0 radical (unpaired) electrons. The molecule has 0 aliphatic heterocycles. The van der Waals surface area contributed by atoms with Gasteiger partial charge in [-0.15, -0.1) is 0 Å². The van der Waals surface area contributed by atoms with Crippen LogP contribution in [0.4, 0.5) is 0 Å². The van der Waals surface area contributed by atoms with Crippen LogP contribution in [-0.4, -0.2) is 26.1 Å². The lowest BCUT2D eigenvalue weighted by Gasteiger charge is -2.08. The predicted molar refractivity (Wildman–Crippen MR) is 52.9 cm³/mol. The average Bonchev–Trinajstić information content (AvgIpc) is 2.64. The monoisotopic (exact) mass is 191 g/mol. The summed E-state index contributed by atoms with van der Waals surface area (Å²) in [6.07, 6.45) is 6.25. The fraction of sp³-hybridized carbons (Fsp3) is 0.444. The standard InChI is InChI=1S/C9H13N5/c1-7(2-3-10)8-4-11-9-12-6-13-14(9)5-8/h4-7H,2-3,10H2,1H3. The summed E-state index contributed by atoms with van der Waals surface area (Å²) in [5.41, 5.74) is 6.65. The van der Waals surface area contributed by atoms with Gasteiger partial charge in [-0.05, 0) is 24.4 Å². The van der Waals surface area contributed by atoms with Crippen molar-refractivity contribution >= 4 is 5.78 Å². The molecular weight excluding hydrogens is 178 g/mol. The Morgan fingerprint density at radius 3 is 3.14 bits per heavy atom. The predicted octanol–water partition coefficient (Wildman–Crippen LogP) is 0.577. The van der Waals surface area contributed by atoms with Gasteiger partial charge in [-0.2, -0.15) is 10.1 Å². The van der Waals surface area contributed by atoms with E-state index in [4.69, 9.17) is 5.73 Å². The molecule has 0 saturated carbocycles. The zero-order valence-electron chi connectivity index (χ0n) is 8.09. The van der Waals surface area contributed by atoms with Crippen LogP contribution < -0.4 is 5.73 Å². The number of fused-ring (bicyclic) bond motifs is 1. The summed E-state index contributed by atoms with van der Waals surface area (Å²) in [5, 5.41) is 4.03. The number of rotatable bonds is 3. The molecule has 0 bridgehead atoms. The van der Waals surface area contributed by atoms with Gasteiger partial charge >= 0.3 is 0 Å². The second kappa shape index (κ2) is 3.71. The Bertz CT molecular complexity index is 422. The first-order chi connectivity index (χ1) is 6.81.